The standard InChI is InChI=1S/C13H13ClN2O3S/c14-12-6-2-1-5-11(12)13(17)9-16-20(18,19)10-4-3-7-15-8-10/h1-8,13,16-17H,9H2. The number of aliphatic hydroxyl groups is 1. The Hall–Kier alpha value is -1.47. The molecule has 0 fully saturated rings. The van der Waals surface area contributed by atoms with Gasteiger partial charge in [0.2, 0.25) is 10.0 Å². The Bertz CT molecular complexity index is 677. The van der Waals surface area contributed by atoms with Crippen molar-refractivity contribution in [3.8, 4) is 0 Å². The summed E-state index contributed by atoms with van der Waals surface area (Å²) in [4.78, 5) is 3.80. The van der Waals surface area contributed by atoms with E-state index in [1.807, 2.05) is 0 Å². The van der Waals surface area contributed by atoms with E-state index in [9.17, 15) is 13.5 Å². The second-order valence-corrected chi connectivity index (χ2v) is 6.25. The van der Waals surface area contributed by atoms with Crippen molar-refractivity contribution in [1.29, 1.82) is 0 Å². The smallest absolute Gasteiger partial charge is 0.242 e. The molecule has 0 aliphatic rings. The van der Waals surface area contributed by atoms with Gasteiger partial charge in [0, 0.05) is 29.5 Å². The number of hydrogen-bond acceptors (Lipinski definition) is 4. The number of hydrogen-bond donors (Lipinski definition) is 2. The van der Waals surface area contributed by atoms with Crippen molar-refractivity contribution in [3.63, 3.8) is 0 Å². The Balaban J connectivity index is 2.08. The minimum atomic E-state index is -3.69. The zero-order valence-corrected chi connectivity index (χ0v) is 12.0. The number of nitrogens with zero attached hydrogens (tertiary/aromatic N) is 1. The minimum Gasteiger partial charge on any atom is -0.387 e. The molecule has 106 valence electrons. The van der Waals surface area contributed by atoms with Crippen LogP contribution in [0.4, 0.5) is 0 Å². The highest BCUT2D eigenvalue weighted by atomic mass is 35.5. The quantitative estimate of drug-likeness (QED) is 0.881. The van der Waals surface area contributed by atoms with Gasteiger partial charge in [-0.05, 0) is 18.2 Å². The molecule has 1 unspecified atom stereocenters. The average molecular weight is 313 g/mol. The molecular weight excluding hydrogens is 300 g/mol. The molecule has 2 aromatic rings. The molecule has 0 spiro atoms. The number of rotatable bonds is 5. The van der Waals surface area contributed by atoms with E-state index < -0.39 is 16.1 Å². The van der Waals surface area contributed by atoms with Gasteiger partial charge in [0.15, 0.2) is 0 Å². The van der Waals surface area contributed by atoms with E-state index in [4.69, 9.17) is 11.6 Å². The molecule has 0 radical (unpaired) electrons. The first-order valence-electron chi connectivity index (χ1n) is 5.83. The molecule has 1 atom stereocenters. The molecule has 0 amide bonds. The normalized spacial score (nSPS) is 13.1. The molecule has 20 heavy (non-hydrogen) atoms. The fraction of sp³-hybridized carbons (Fsp3) is 0.154. The lowest BCUT2D eigenvalue weighted by Gasteiger charge is -2.13. The van der Waals surface area contributed by atoms with Crippen LogP contribution >= 0.6 is 11.6 Å². The summed E-state index contributed by atoms with van der Waals surface area (Å²) >= 11 is 5.94. The third-order valence-corrected chi connectivity index (χ3v) is 4.43. The van der Waals surface area contributed by atoms with E-state index in [2.05, 4.69) is 9.71 Å². The summed E-state index contributed by atoms with van der Waals surface area (Å²) in [5, 5.41) is 10.4. The largest absolute Gasteiger partial charge is 0.387 e. The third kappa shape index (κ3) is 3.55. The maximum absolute atomic E-state index is 12.0. The van der Waals surface area contributed by atoms with Crippen molar-refractivity contribution in [2.45, 2.75) is 11.0 Å². The molecule has 0 saturated carbocycles. The molecule has 0 saturated heterocycles. The summed E-state index contributed by atoms with van der Waals surface area (Å²) in [5.74, 6) is 0. The molecule has 1 heterocycles. The molecular formula is C13H13ClN2O3S. The zero-order chi connectivity index (χ0) is 14.6. The Morgan fingerprint density at radius 3 is 2.65 bits per heavy atom. The Morgan fingerprint density at radius 1 is 1.25 bits per heavy atom. The molecule has 5 nitrogen and oxygen atoms in total. The molecule has 0 bridgehead atoms. The van der Waals surface area contributed by atoms with Crippen LogP contribution in [0.25, 0.3) is 0 Å². The monoisotopic (exact) mass is 312 g/mol. The van der Waals surface area contributed by atoms with Gasteiger partial charge >= 0.3 is 0 Å². The maximum atomic E-state index is 12.0. The van der Waals surface area contributed by atoms with Crippen molar-refractivity contribution < 1.29 is 13.5 Å². The van der Waals surface area contributed by atoms with Crippen molar-refractivity contribution >= 4 is 21.6 Å². The van der Waals surface area contributed by atoms with Crippen LogP contribution in [-0.4, -0.2) is 25.1 Å². The highest BCUT2D eigenvalue weighted by Gasteiger charge is 2.17. The van der Waals surface area contributed by atoms with Gasteiger partial charge in [-0.25, -0.2) is 13.1 Å². The molecule has 2 rings (SSSR count). The summed E-state index contributed by atoms with van der Waals surface area (Å²) in [6.45, 7) is -0.166. The summed E-state index contributed by atoms with van der Waals surface area (Å²) < 4.78 is 26.2. The van der Waals surface area contributed by atoms with Gasteiger partial charge in [0.1, 0.15) is 4.90 Å². The Morgan fingerprint density at radius 2 is 2.00 bits per heavy atom. The first-order chi connectivity index (χ1) is 9.50. The number of aromatic nitrogens is 1. The van der Waals surface area contributed by atoms with Crippen LogP contribution in [0.15, 0.2) is 53.7 Å². The minimum absolute atomic E-state index is 0.0476. The highest BCUT2D eigenvalue weighted by molar-refractivity contribution is 7.89. The number of nitrogens with one attached hydrogen (secondary N) is 1. The van der Waals surface area contributed by atoms with E-state index in [-0.39, 0.29) is 11.4 Å². The van der Waals surface area contributed by atoms with E-state index in [0.29, 0.717) is 10.6 Å². The molecule has 0 aliphatic heterocycles. The summed E-state index contributed by atoms with van der Waals surface area (Å²) in [5.41, 5.74) is 0.475. The predicted molar refractivity (Wildman–Crippen MR) is 75.8 cm³/mol. The summed E-state index contributed by atoms with van der Waals surface area (Å²) in [6, 6.07) is 9.69. The second-order valence-electron chi connectivity index (χ2n) is 4.08. The summed E-state index contributed by atoms with van der Waals surface area (Å²) in [7, 11) is -3.69. The van der Waals surface area contributed by atoms with Crippen molar-refractivity contribution in [2.24, 2.45) is 0 Å². The van der Waals surface area contributed by atoms with Gasteiger partial charge in [0.05, 0.1) is 6.10 Å². The average Bonchev–Trinajstić information content (AvgIpc) is 2.46. The highest BCUT2D eigenvalue weighted by Crippen LogP contribution is 2.22. The van der Waals surface area contributed by atoms with Crippen LogP contribution < -0.4 is 4.72 Å². The van der Waals surface area contributed by atoms with E-state index in [1.165, 1.54) is 24.5 Å². The van der Waals surface area contributed by atoms with E-state index in [0.717, 1.165) is 0 Å². The number of sulfonamides is 1. The maximum Gasteiger partial charge on any atom is 0.242 e. The molecule has 2 N–H and O–H groups in total. The van der Waals surface area contributed by atoms with Crippen LogP contribution in [0, 0.1) is 0 Å². The zero-order valence-electron chi connectivity index (χ0n) is 10.4. The third-order valence-electron chi connectivity index (χ3n) is 2.68. The molecule has 1 aromatic heterocycles. The Labute approximate surface area is 122 Å². The molecule has 7 heteroatoms. The van der Waals surface area contributed by atoms with E-state index >= 15 is 0 Å². The molecule has 1 aromatic carbocycles. The van der Waals surface area contributed by atoms with Gasteiger partial charge in [-0.3, -0.25) is 4.98 Å². The van der Waals surface area contributed by atoms with Gasteiger partial charge in [-0.15, -0.1) is 0 Å². The SMILES string of the molecule is O=S(=O)(NCC(O)c1ccccc1Cl)c1cccnc1. The van der Waals surface area contributed by atoms with Gasteiger partial charge < -0.3 is 5.11 Å². The number of halogens is 1. The van der Waals surface area contributed by atoms with Crippen LogP contribution in [0.3, 0.4) is 0 Å². The predicted octanol–water partition coefficient (Wildman–Crippen LogP) is 1.75. The second kappa shape index (κ2) is 6.32. The number of pyridine rings is 1. The first-order valence-corrected chi connectivity index (χ1v) is 7.69. The van der Waals surface area contributed by atoms with Crippen molar-refractivity contribution in [2.75, 3.05) is 6.54 Å². The topological polar surface area (TPSA) is 79.3 Å². The van der Waals surface area contributed by atoms with Crippen molar-refractivity contribution in [3.05, 3.63) is 59.4 Å². The van der Waals surface area contributed by atoms with Crippen LogP contribution in [0.5, 0.6) is 0 Å². The van der Waals surface area contributed by atoms with Crippen LogP contribution in [0.2, 0.25) is 5.02 Å². The van der Waals surface area contributed by atoms with Gasteiger partial charge in [-0.1, -0.05) is 29.8 Å². The summed E-state index contributed by atoms with van der Waals surface area (Å²) in [6.07, 6.45) is 1.71. The fourth-order valence-corrected chi connectivity index (χ4v) is 2.90. The molecule has 0 aliphatic carbocycles. The lowest BCUT2D eigenvalue weighted by Crippen LogP contribution is -2.28. The van der Waals surface area contributed by atoms with Crippen LogP contribution in [-0.2, 0) is 10.0 Å². The van der Waals surface area contributed by atoms with Gasteiger partial charge in [-0.2, -0.15) is 0 Å². The Kier molecular flexibility index (Phi) is 4.72. The van der Waals surface area contributed by atoms with E-state index in [1.54, 1.807) is 24.3 Å². The number of aliphatic hydroxyl groups excluding tert-OH is 1. The van der Waals surface area contributed by atoms with Crippen LogP contribution in [0.1, 0.15) is 11.7 Å². The van der Waals surface area contributed by atoms with Crippen molar-refractivity contribution in [1.82, 2.24) is 9.71 Å². The lowest BCUT2D eigenvalue weighted by atomic mass is 10.1. The number of benzene rings is 1. The lowest BCUT2D eigenvalue weighted by molar-refractivity contribution is 0.182. The fourth-order valence-electron chi connectivity index (χ4n) is 1.63. The first kappa shape index (κ1) is 14.9. The van der Waals surface area contributed by atoms with Gasteiger partial charge in [0.25, 0.3) is 0 Å².